The predicted molar refractivity (Wildman–Crippen MR) is 86.9 cm³/mol. The SMILES string of the molecule is CCCc1nc2ccccc2n1Cc1ccc(F)c(Br)c1. The Morgan fingerprint density at radius 2 is 2.00 bits per heavy atom. The second-order valence-corrected chi connectivity index (χ2v) is 5.96. The molecule has 3 aromatic rings. The van der Waals surface area contributed by atoms with Crippen LogP contribution in [-0.2, 0) is 13.0 Å². The van der Waals surface area contributed by atoms with Crippen LogP contribution in [0, 0.1) is 5.82 Å². The summed E-state index contributed by atoms with van der Waals surface area (Å²) in [6, 6.07) is 13.3. The number of fused-ring (bicyclic) bond motifs is 1. The van der Waals surface area contributed by atoms with Crippen molar-refractivity contribution < 1.29 is 4.39 Å². The van der Waals surface area contributed by atoms with Crippen LogP contribution in [-0.4, -0.2) is 9.55 Å². The molecule has 0 N–H and O–H groups in total. The second-order valence-electron chi connectivity index (χ2n) is 5.10. The third-order valence-electron chi connectivity index (χ3n) is 3.53. The third kappa shape index (κ3) is 2.86. The molecule has 0 saturated carbocycles. The molecule has 0 spiro atoms. The molecular formula is C17H16BrFN2. The highest BCUT2D eigenvalue weighted by Crippen LogP contribution is 2.22. The largest absolute Gasteiger partial charge is 0.323 e. The lowest BCUT2D eigenvalue weighted by atomic mass is 10.2. The summed E-state index contributed by atoms with van der Waals surface area (Å²) in [5, 5.41) is 0. The van der Waals surface area contributed by atoms with Crippen molar-refractivity contribution in [2.24, 2.45) is 0 Å². The molecule has 0 bridgehead atoms. The van der Waals surface area contributed by atoms with Gasteiger partial charge in [-0.25, -0.2) is 9.37 Å². The monoisotopic (exact) mass is 346 g/mol. The third-order valence-corrected chi connectivity index (χ3v) is 4.14. The molecule has 0 fully saturated rings. The van der Waals surface area contributed by atoms with Crippen molar-refractivity contribution in [1.29, 1.82) is 0 Å². The van der Waals surface area contributed by atoms with Gasteiger partial charge in [0, 0.05) is 13.0 Å². The van der Waals surface area contributed by atoms with E-state index in [0.717, 1.165) is 35.3 Å². The molecule has 2 aromatic carbocycles. The van der Waals surface area contributed by atoms with E-state index in [0.29, 0.717) is 11.0 Å². The fourth-order valence-electron chi connectivity index (χ4n) is 2.54. The molecule has 2 nitrogen and oxygen atoms in total. The molecular weight excluding hydrogens is 331 g/mol. The van der Waals surface area contributed by atoms with Crippen LogP contribution < -0.4 is 0 Å². The van der Waals surface area contributed by atoms with Gasteiger partial charge in [-0.05, 0) is 52.2 Å². The van der Waals surface area contributed by atoms with E-state index >= 15 is 0 Å². The number of hydrogen-bond acceptors (Lipinski definition) is 1. The van der Waals surface area contributed by atoms with Crippen molar-refractivity contribution in [1.82, 2.24) is 9.55 Å². The van der Waals surface area contributed by atoms with Gasteiger partial charge >= 0.3 is 0 Å². The summed E-state index contributed by atoms with van der Waals surface area (Å²) in [4.78, 5) is 4.72. The lowest BCUT2D eigenvalue weighted by Crippen LogP contribution is -2.05. The summed E-state index contributed by atoms with van der Waals surface area (Å²) in [5.41, 5.74) is 3.20. The number of rotatable bonds is 4. The van der Waals surface area contributed by atoms with Crippen molar-refractivity contribution in [2.45, 2.75) is 26.3 Å². The minimum atomic E-state index is -0.233. The first-order valence-corrected chi connectivity index (χ1v) is 7.86. The van der Waals surface area contributed by atoms with Gasteiger partial charge in [0.15, 0.2) is 0 Å². The molecule has 108 valence electrons. The summed E-state index contributed by atoms with van der Waals surface area (Å²) < 4.78 is 16.1. The maximum absolute atomic E-state index is 13.4. The Balaban J connectivity index is 2.05. The number of para-hydroxylation sites is 2. The molecule has 0 aliphatic carbocycles. The van der Waals surface area contributed by atoms with E-state index in [9.17, 15) is 4.39 Å². The molecule has 0 atom stereocenters. The summed E-state index contributed by atoms with van der Waals surface area (Å²) >= 11 is 3.25. The Labute approximate surface area is 131 Å². The average Bonchev–Trinajstić information content (AvgIpc) is 2.81. The number of aryl methyl sites for hydroxylation is 1. The first kappa shape index (κ1) is 14.3. The molecule has 1 aromatic heterocycles. The second kappa shape index (κ2) is 5.98. The van der Waals surface area contributed by atoms with Gasteiger partial charge < -0.3 is 4.57 Å². The molecule has 0 saturated heterocycles. The predicted octanol–water partition coefficient (Wildman–Crippen LogP) is 4.94. The van der Waals surface area contributed by atoms with Crippen molar-refractivity contribution >= 4 is 27.0 Å². The van der Waals surface area contributed by atoms with Crippen molar-refractivity contribution in [3.8, 4) is 0 Å². The van der Waals surface area contributed by atoms with Crippen LogP contribution in [0.2, 0.25) is 0 Å². The normalized spacial score (nSPS) is 11.2. The molecule has 21 heavy (non-hydrogen) atoms. The molecule has 1 heterocycles. The number of benzene rings is 2. The van der Waals surface area contributed by atoms with E-state index in [-0.39, 0.29) is 5.82 Å². The highest BCUT2D eigenvalue weighted by atomic mass is 79.9. The Morgan fingerprint density at radius 1 is 1.19 bits per heavy atom. The lowest BCUT2D eigenvalue weighted by Gasteiger charge is -2.09. The molecule has 0 unspecified atom stereocenters. The van der Waals surface area contributed by atoms with Crippen LogP contribution in [0.3, 0.4) is 0 Å². The summed E-state index contributed by atoms with van der Waals surface area (Å²) in [7, 11) is 0. The Hall–Kier alpha value is -1.68. The Kier molecular flexibility index (Phi) is 4.06. The van der Waals surface area contributed by atoms with E-state index in [1.807, 2.05) is 30.3 Å². The van der Waals surface area contributed by atoms with Gasteiger partial charge in [0.1, 0.15) is 11.6 Å². The van der Waals surface area contributed by atoms with E-state index in [1.165, 1.54) is 6.07 Å². The summed E-state index contributed by atoms with van der Waals surface area (Å²) in [6.07, 6.45) is 1.99. The minimum Gasteiger partial charge on any atom is -0.323 e. The number of hydrogen-bond donors (Lipinski definition) is 0. The fraction of sp³-hybridized carbons (Fsp3) is 0.235. The maximum atomic E-state index is 13.4. The Bertz CT molecular complexity index is 780. The van der Waals surface area contributed by atoms with E-state index in [4.69, 9.17) is 4.98 Å². The molecule has 4 heteroatoms. The van der Waals surface area contributed by atoms with Crippen LogP contribution in [0.5, 0.6) is 0 Å². The zero-order chi connectivity index (χ0) is 14.8. The quantitative estimate of drug-likeness (QED) is 0.654. The molecule has 0 aliphatic rings. The van der Waals surface area contributed by atoms with Crippen LogP contribution >= 0.6 is 15.9 Å². The van der Waals surface area contributed by atoms with Gasteiger partial charge in [-0.3, -0.25) is 0 Å². The standard InChI is InChI=1S/C17H16BrFN2/c1-2-5-17-20-15-6-3-4-7-16(15)21(17)11-12-8-9-14(19)13(18)10-12/h3-4,6-10H,2,5,11H2,1H3. The first-order chi connectivity index (χ1) is 10.2. The van der Waals surface area contributed by atoms with Crippen LogP contribution in [0.25, 0.3) is 11.0 Å². The number of aromatic nitrogens is 2. The number of nitrogens with zero attached hydrogens (tertiary/aromatic N) is 2. The lowest BCUT2D eigenvalue weighted by molar-refractivity contribution is 0.619. The van der Waals surface area contributed by atoms with Crippen molar-refractivity contribution in [3.05, 3.63) is 64.1 Å². The summed E-state index contributed by atoms with van der Waals surface area (Å²) in [5.74, 6) is 0.849. The number of halogens is 2. The highest BCUT2D eigenvalue weighted by molar-refractivity contribution is 9.10. The smallest absolute Gasteiger partial charge is 0.137 e. The van der Waals surface area contributed by atoms with Crippen LogP contribution in [0.15, 0.2) is 46.9 Å². The van der Waals surface area contributed by atoms with Gasteiger partial charge in [-0.15, -0.1) is 0 Å². The molecule has 0 radical (unpaired) electrons. The van der Waals surface area contributed by atoms with Gasteiger partial charge in [-0.2, -0.15) is 0 Å². The molecule has 3 rings (SSSR count). The van der Waals surface area contributed by atoms with Gasteiger partial charge in [0.2, 0.25) is 0 Å². The zero-order valence-electron chi connectivity index (χ0n) is 11.8. The molecule has 0 amide bonds. The van der Waals surface area contributed by atoms with Gasteiger partial charge in [0.25, 0.3) is 0 Å². The maximum Gasteiger partial charge on any atom is 0.137 e. The Morgan fingerprint density at radius 3 is 2.76 bits per heavy atom. The van der Waals surface area contributed by atoms with Crippen LogP contribution in [0.1, 0.15) is 24.7 Å². The van der Waals surface area contributed by atoms with Crippen molar-refractivity contribution in [2.75, 3.05) is 0 Å². The first-order valence-electron chi connectivity index (χ1n) is 7.07. The van der Waals surface area contributed by atoms with Gasteiger partial charge in [-0.1, -0.05) is 25.1 Å². The van der Waals surface area contributed by atoms with Gasteiger partial charge in [0.05, 0.1) is 15.5 Å². The summed E-state index contributed by atoms with van der Waals surface area (Å²) in [6.45, 7) is 2.85. The highest BCUT2D eigenvalue weighted by Gasteiger charge is 2.10. The van der Waals surface area contributed by atoms with Crippen LogP contribution in [0.4, 0.5) is 4.39 Å². The molecule has 0 aliphatic heterocycles. The van der Waals surface area contributed by atoms with E-state index in [1.54, 1.807) is 0 Å². The average molecular weight is 347 g/mol. The fourth-order valence-corrected chi connectivity index (χ4v) is 2.96. The topological polar surface area (TPSA) is 17.8 Å². The van der Waals surface area contributed by atoms with E-state index < -0.39 is 0 Å². The minimum absolute atomic E-state index is 0.233. The zero-order valence-corrected chi connectivity index (χ0v) is 13.4. The van der Waals surface area contributed by atoms with E-state index in [2.05, 4.69) is 33.5 Å². The van der Waals surface area contributed by atoms with Crippen molar-refractivity contribution in [3.63, 3.8) is 0 Å². The number of imidazole rings is 1.